The fraction of sp³-hybridized carbons (Fsp3) is 0.478. The number of carbonyl (C=O) groups is 2. The van der Waals surface area contributed by atoms with E-state index < -0.39 is 0 Å². The Morgan fingerprint density at radius 3 is 2.43 bits per heavy atom. The molecule has 0 saturated carbocycles. The molecule has 2 saturated heterocycles. The molecule has 1 aromatic heterocycles. The highest BCUT2D eigenvalue weighted by molar-refractivity contribution is 5.95. The molecule has 1 atom stereocenters. The number of piperazine rings is 1. The molecule has 4 rings (SSSR count). The summed E-state index contributed by atoms with van der Waals surface area (Å²) in [7, 11) is 0. The van der Waals surface area contributed by atoms with Crippen LogP contribution in [0.25, 0.3) is 0 Å². The van der Waals surface area contributed by atoms with E-state index >= 15 is 0 Å². The van der Waals surface area contributed by atoms with E-state index in [2.05, 4.69) is 0 Å². The lowest BCUT2D eigenvalue weighted by Crippen LogP contribution is -2.53. The van der Waals surface area contributed by atoms with Crippen molar-refractivity contribution in [1.29, 1.82) is 0 Å². The quantitative estimate of drug-likeness (QED) is 0.775. The van der Waals surface area contributed by atoms with Crippen LogP contribution in [0.4, 0.5) is 10.1 Å². The fourth-order valence-corrected chi connectivity index (χ4v) is 4.51. The van der Waals surface area contributed by atoms with Crippen molar-refractivity contribution in [2.45, 2.75) is 26.7 Å². The number of aryl methyl sites for hydroxylation is 2. The number of rotatable bonds is 3. The molecule has 7 heteroatoms. The lowest BCUT2D eigenvalue weighted by molar-refractivity contribution is -0.137. The third-order valence-electron chi connectivity index (χ3n) is 6.11. The van der Waals surface area contributed by atoms with Crippen molar-refractivity contribution >= 4 is 17.5 Å². The molecule has 0 radical (unpaired) electrons. The third kappa shape index (κ3) is 4.06. The van der Waals surface area contributed by atoms with Crippen LogP contribution in [0.15, 0.2) is 34.7 Å². The van der Waals surface area contributed by atoms with E-state index in [9.17, 15) is 14.0 Å². The van der Waals surface area contributed by atoms with Gasteiger partial charge in [0.1, 0.15) is 17.3 Å². The zero-order chi connectivity index (χ0) is 21.3. The number of anilines is 1. The Labute approximate surface area is 176 Å². The number of hydrogen-bond donors (Lipinski definition) is 0. The summed E-state index contributed by atoms with van der Waals surface area (Å²) < 4.78 is 19.5. The molecular formula is C23H28FN3O3. The summed E-state index contributed by atoms with van der Waals surface area (Å²) in [5, 5.41) is 0. The molecule has 1 unspecified atom stereocenters. The maximum Gasteiger partial charge on any atom is 0.257 e. The molecule has 0 spiro atoms. The van der Waals surface area contributed by atoms with Crippen molar-refractivity contribution < 1.29 is 18.4 Å². The van der Waals surface area contributed by atoms with Gasteiger partial charge in [-0.2, -0.15) is 0 Å². The van der Waals surface area contributed by atoms with E-state index in [1.165, 1.54) is 6.07 Å². The van der Waals surface area contributed by atoms with Crippen molar-refractivity contribution in [3.8, 4) is 0 Å². The number of carbonyl (C=O) groups excluding carboxylic acids is 2. The Hall–Kier alpha value is -2.83. The van der Waals surface area contributed by atoms with Crippen LogP contribution in [-0.2, 0) is 4.79 Å². The molecule has 2 aromatic rings. The lowest BCUT2D eigenvalue weighted by Gasteiger charge is -2.39. The van der Waals surface area contributed by atoms with Crippen LogP contribution < -0.4 is 4.90 Å². The topological polar surface area (TPSA) is 57.0 Å². The average molecular weight is 413 g/mol. The van der Waals surface area contributed by atoms with Gasteiger partial charge < -0.3 is 19.1 Å². The van der Waals surface area contributed by atoms with Gasteiger partial charge in [-0.3, -0.25) is 9.59 Å². The molecule has 0 bridgehead atoms. The monoisotopic (exact) mass is 413 g/mol. The van der Waals surface area contributed by atoms with Gasteiger partial charge in [0.2, 0.25) is 5.91 Å². The lowest BCUT2D eigenvalue weighted by atomic mass is 9.95. The van der Waals surface area contributed by atoms with Crippen LogP contribution in [0.2, 0.25) is 0 Å². The standard InChI is InChI=1S/C23H28FN3O3/c1-16-14-19(17(2)30-16)23(29)27-9-5-6-18(15-27)22(28)26-12-10-25(11-13-26)21-8-4-3-7-20(21)24/h3-4,7-8,14,18H,5-6,9-13,15H2,1-2H3. The summed E-state index contributed by atoms with van der Waals surface area (Å²) in [6.07, 6.45) is 1.60. The number of halogens is 1. The van der Waals surface area contributed by atoms with E-state index in [1.54, 1.807) is 30.0 Å². The van der Waals surface area contributed by atoms with Gasteiger partial charge in [0.15, 0.2) is 0 Å². The summed E-state index contributed by atoms with van der Waals surface area (Å²) in [4.78, 5) is 31.7. The minimum Gasteiger partial charge on any atom is -0.466 e. The molecule has 2 amide bonds. The molecule has 3 heterocycles. The molecule has 1 aromatic carbocycles. The Balaban J connectivity index is 1.36. The predicted molar refractivity (Wildman–Crippen MR) is 112 cm³/mol. The van der Waals surface area contributed by atoms with Gasteiger partial charge in [-0.15, -0.1) is 0 Å². The van der Waals surface area contributed by atoms with Crippen molar-refractivity contribution in [2.24, 2.45) is 5.92 Å². The van der Waals surface area contributed by atoms with E-state index in [4.69, 9.17) is 4.42 Å². The zero-order valence-corrected chi connectivity index (χ0v) is 17.6. The van der Waals surface area contributed by atoms with Crippen LogP contribution in [0.1, 0.15) is 34.7 Å². The molecule has 0 N–H and O–H groups in total. The van der Waals surface area contributed by atoms with E-state index in [-0.39, 0.29) is 23.5 Å². The van der Waals surface area contributed by atoms with Gasteiger partial charge in [0.05, 0.1) is 17.2 Å². The Bertz CT molecular complexity index is 934. The van der Waals surface area contributed by atoms with E-state index in [1.807, 2.05) is 22.8 Å². The molecule has 0 aliphatic carbocycles. The van der Waals surface area contributed by atoms with Crippen LogP contribution in [-0.4, -0.2) is 60.9 Å². The average Bonchev–Trinajstić information content (AvgIpc) is 3.11. The van der Waals surface area contributed by atoms with Crippen LogP contribution in [0, 0.1) is 25.6 Å². The van der Waals surface area contributed by atoms with Gasteiger partial charge in [-0.05, 0) is 44.9 Å². The second kappa shape index (κ2) is 8.50. The summed E-state index contributed by atoms with van der Waals surface area (Å²) in [6, 6.07) is 8.51. The fourth-order valence-electron chi connectivity index (χ4n) is 4.51. The first-order valence-corrected chi connectivity index (χ1v) is 10.6. The smallest absolute Gasteiger partial charge is 0.257 e. The third-order valence-corrected chi connectivity index (χ3v) is 6.11. The SMILES string of the molecule is Cc1cc(C(=O)N2CCCC(C(=O)N3CCN(c4ccccc4F)CC3)C2)c(C)o1. The molecule has 2 fully saturated rings. The number of nitrogens with zero attached hydrogens (tertiary/aromatic N) is 3. The predicted octanol–water partition coefficient (Wildman–Crippen LogP) is 3.24. The maximum absolute atomic E-state index is 14.0. The molecule has 2 aliphatic heterocycles. The molecule has 6 nitrogen and oxygen atoms in total. The second-order valence-corrected chi connectivity index (χ2v) is 8.18. The van der Waals surface area contributed by atoms with Crippen LogP contribution in [0.3, 0.4) is 0 Å². The van der Waals surface area contributed by atoms with Gasteiger partial charge in [0, 0.05) is 39.3 Å². The first-order chi connectivity index (χ1) is 14.4. The number of piperidine rings is 1. The molecule has 2 aliphatic rings. The number of amides is 2. The minimum absolute atomic E-state index is 0.0637. The van der Waals surface area contributed by atoms with E-state index in [0.717, 1.165) is 12.8 Å². The zero-order valence-electron chi connectivity index (χ0n) is 17.6. The van der Waals surface area contributed by atoms with Crippen molar-refractivity contribution in [3.05, 3.63) is 53.2 Å². The van der Waals surface area contributed by atoms with Gasteiger partial charge in [0.25, 0.3) is 5.91 Å². The minimum atomic E-state index is -0.233. The van der Waals surface area contributed by atoms with Gasteiger partial charge >= 0.3 is 0 Å². The number of benzene rings is 1. The van der Waals surface area contributed by atoms with Crippen molar-refractivity contribution in [2.75, 3.05) is 44.2 Å². The highest BCUT2D eigenvalue weighted by atomic mass is 19.1. The molecule has 160 valence electrons. The summed E-state index contributed by atoms with van der Waals surface area (Å²) >= 11 is 0. The van der Waals surface area contributed by atoms with Crippen LogP contribution in [0.5, 0.6) is 0 Å². The van der Waals surface area contributed by atoms with Crippen LogP contribution >= 0.6 is 0 Å². The highest BCUT2D eigenvalue weighted by Crippen LogP contribution is 2.25. The van der Waals surface area contributed by atoms with Gasteiger partial charge in [-0.1, -0.05) is 12.1 Å². The number of hydrogen-bond acceptors (Lipinski definition) is 4. The van der Waals surface area contributed by atoms with Gasteiger partial charge in [-0.25, -0.2) is 4.39 Å². The Morgan fingerprint density at radius 2 is 1.77 bits per heavy atom. The normalized spacial score (nSPS) is 19.8. The Kier molecular flexibility index (Phi) is 5.79. The summed E-state index contributed by atoms with van der Waals surface area (Å²) in [5.41, 5.74) is 1.17. The summed E-state index contributed by atoms with van der Waals surface area (Å²) in [6.45, 7) is 7.07. The first kappa shape index (κ1) is 20.4. The Morgan fingerprint density at radius 1 is 1.03 bits per heavy atom. The summed E-state index contributed by atoms with van der Waals surface area (Å²) in [5.74, 6) is 0.954. The first-order valence-electron chi connectivity index (χ1n) is 10.6. The number of likely N-dealkylation sites (tertiary alicyclic amines) is 1. The highest BCUT2D eigenvalue weighted by Gasteiger charge is 2.33. The van der Waals surface area contributed by atoms with Crippen molar-refractivity contribution in [1.82, 2.24) is 9.80 Å². The van der Waals surface area contributed by atoms with Crippen molar-refractivity contribution in [3.63, 3.8) is 0 Å². The number of furan rings is 1. The maximum atomic E-state index is 14.0. The second-order valence-electron chi connectivity index (χ2n) is 8.18. The molecular weight excluding hydrogens is 385 g/mol. The largest absolute Gasteiger partial charge is 0.466 e. The molecule has 30 heavy (non-hydrogen) atoms. The number of para-hydroxylation sites is 1. The van der Waals surface area contributed by atoms with E-state index in [0.29, 0.717) is 62.0 Å².